The lowest BCUT2D eigenvalue weighted by atomic mass is 10.1. The molecule has 0 N–H and O–H groups in total. The van der Waals surface area contributed by atoms with Gasteiger partial charge in [-0.15, -0.1) is 10.2 Å². The zero-order chi connectivity index (χ0) is 16.2. The van der Waals surface area contributed by atoms with E-state index < -0.39 is 0 Å². The normalized spacial score (nSPS) is 13.3. The number of fused-ring (bicyclic) bond motifs is 1. The molecule has 1 aliphatic heterocycles. The predicted octanol–water partition coefficient (Wildman–Crippen LogP) is 3.17. The number of nitrogens with zero attached hydrogens (tertiary/aromatic N) is 3. The number of hydrogen-bond donors (Lipinski definition) is 0. The molecule has 0 fully saturated rings. The minimum Gasteiger partial charge on any atom is -0.492 e. The van der Waals surface area contributed by atoms with Gasteiger partial charge in [0, 0.05) is 0 Å². The minimum absolute atomic E-state index is 0.274. The Morgan fingerprint density at radius 1 is 1.08 bits per heavy atom. The molecule has 6 heteroatoms. The van der Waals surface area contributed by atoms with E-state index in [2.05, 4.69) is 15.2 Å². The van der Waals surface area contributed by atoms with Crippen molar-refractivity contribution in [2.75, 3.05) is 6.61 Å². The van der Waals surface area contributed by atoms with E-state index in [1.807, 2.05) is 36.4 Å². The van der Waals surface area contributed by atoms with Crippen LogP contribution in [0.2, 0.25) is 0 Å². The van der Waals surface area contributed by atoms with Crippen LogP contribution in [0.1, 0.15) is 23.4 Å². The molecule has 3 heterocycles. The summed E-state index contributed by atoms with van der Waals surface area (Å²) in [5.74, 6) is 1.69. The number of rotatable bonds is 5. The molecule has 1 aromatic carbocycles. The Labute approximate surface area is 139 Å². The molecule has 0 bridgehead atoms. The molecule has 0 saturated carbocycles. The Balaban J connectivity index is 1.41. The maximum absolute atomic E-state index is 5.65. The molecule has 0 radical (unpaired) electrons. The van der Waals surface area contributed by atoms with Crippen LogP contribution < -0.4 is 4.74 Å². The molecule has 0 atom stereocenters. The fourth-order valence-electron chi connectivity index (χ4n) is 2.62. The van der Waals surface area contributed by atoms with Crippen molar-refractivity contribution in [3.63, 3.8) is 0 Å². The van der Waals surface area contributed by atoms with Crippen LogP contribution in [0.4, 0.5) is 0 Å². The van der Waals surface area contributed by atoms with Crippen molar-refractivity contribution in [1.82, 2.24) is 15.2 Å². The monoisotopic (exact) mass is 323 g/mol. The van der Waals surface area contributed by atoms with Crippen molar-refractivity contribution in [1.29, 1.82) is 0 Å². The summed E-state index contributed by atoms with van der Waals surface area (Å²) in [6.45, 7) is 1.53. The van der Waals surface area contributed by atoms with Gasteiger partial charge in [0.2, 0.25) is 5.89 Å². The van der Waals surface area contributed by atoms with E-state index in [1.165, 1.54) is 0 Å². The molecule has 0 amide bonds. The van der Waals surface area contributed by atoms with Crippen LogP contribution in [-0.2, 0) is 24.4 Å². The third kappa shape index (κ3) is 3.28. The van der Waals surface area contributed by atoms with E-state index in [4.69, 9.17) is 13.9 Å². The van der Waals surface area contributed by atoms with Crippen LogP contribution in [0, 0.1) is 0 Å². The highest BCUT2D eigenvalue weighted by molar-refractivity contribution is 5.51. The average molecular weight is 323 g/mol. The number of benzene rings is 1. The highest BCUT2D eigenvalue weighted by atomic mass is 16.5. The maximum atomic E-state index is 5.65. The van der Waals surface area contributed by atoms with E-state index >= 15 is 0 Å². The van der Waals surface area contributed by atoms with Crippen LogP contribution in [0.3, 0.4) is 0 Å². The van der Waals surface area contributed by atoms with E-state index in [-0.39, 0.29) is 6.61 Å². The first kappa shape index (κ1) is 14.8. The maximum Gasteiger partial charge on any atom is 0.266 e. The Morgan fingerprint density at radius 2 is 2.00 bits per heavy atom. The van der Waals surface area contributed by atoms with Crippen molar-refractivity contribution in [3.05, 3.63) is 59.6 Å². The van der Waals surface area contributed by atoms with Gasteiger partial charge in [0.1, 0.15) is 18.1 Å². The molecule has 3 aromatic rings. The molecule has 0 spiro atoms. The summed E-state index contributed by atoms with van der Waals surface area (Å²) in [5.41, 5.74) is 2.90. The Bertz CT molecular complexity index is 817. The van der Waals surface area contributed by atoms with Gasteiger partial charge in [-0.1, -0.05) is 30.3 Å². The third-order valence-corrected chi connectivity index (χ3v) is 3.82. The standard InChI is InChI=1S/C18H17N3O3/c1-2-5-13(6-3-1)11-22-12-17-20-21-18(24-17)15-9-14-7-4-8-23-16(14)10-19-15/h1-3,5-6,9-10H,4,7-8,11-12H2. The topological polar surface area (TPSA) is 70.3 Å². The second-order valence-electron chi connectivity index (χ2n) is 5.61. The van der Waals surface area contributed by atoms with Gasteiger partial charge in [-0.05, 0) is 30.0 Å². The van der Waals surface area contributed by atoms with Gasteiger partial charge in [-0.2, -0.15) is 0 Å². The van der Waals surface area contributed by atoms with Crippen LogP contribution in [0.15, 0.2) is 47.0 Å². The summed E-state index contributed by atoms with van der Waals surface area (Å²) >= 11 is 0. The molecular formula is C18H17N3O3. The molecule has 6 nitrogen and oxygen atoms in total. The van der Waals surface area contributed by atoms with E-state index in [0.717, 1.165) is 36.3 Å². The molecular weight excluding hydrogens is 306 g/mol. The van der Waals surface area contributed by atoms with Crippen molar-refractivity contribution in [2.24, 2.45) is 0 Å². The number of aryl methyl sites for hydroxylation is 1. The zero-order valence-corrected chi connectivity index (χ0v) is 13.1. The summed E-state index contributed by atoms with van der Waals surface area (Å²) in [4.78, 5) is 4.34. The summed E-state index contributed by atoms with van der Waals surface area (Å²) < 4.78 is 16.8. The fourth-order valence-corrected chi connectivity index (χ4v) is 2.62. The molecule has 0 unspecified atom stereocenters. The number of hydrogen-bond acceptors (Lipinski definition) is 6. The van der Waals surface area contributed by atoms with Crippen LogP contribution in [0.25, 0.3) is 11.6 Å². The molecule has 2 aromatic heterocycles. The first-order valence-electron chi connectivity index (χ1n) is 7.94. The lowest BCUT2D eigenvalue weighted by molar-refractivity contribution is 0.0898. The lowest BCUT2D eigenvalue weighted by Crippen LogP contribution is -2.08. The van der Waals surface area contributed by atoms with Gasteiger partial charge in [0.25, 0.3) is 5.89 Å². The lowest BCUT2D eigenvalue weighted by Gasteiger charge is -2.16. The van der Waals surface area contributed by atoms with Crippen LogP contribution >= 0.6 is 0 Å². The Morgan fingerprint density at radius 3 is 2.92 bits per heavy atom. The fraction of sp³-hybridized carbons (Fsp3) is 0.278. The van der Waals surface area contributed by atoms with Crippen LogP contribution in [0.5, 0.6) is 5.75 Å². The van der Waals surface area contributed by atoms with Crippen molar-refractivity contribution in [2.45, 2.75) is 26.1 Å². The van der Waals surface area contributed by atoms with Crippen molar-refractivity contribution in [3.8, 4) is 17.3 Å². The van der Waals surface area contributed by atoms with Crippen molar-refractivity contribution < 1.29 is 13.9 Å². The average Bonchev–Trinajstić information content (AvgIpc) is 3.11. The second kappa shape index (κ2) is 6.80. The van der Waals surface area contributed by atoms with Gasteiger partial charge in [0.05, 0.1) is 19.4 Å². The minimum atomic E-state index is 0.274. The highest BCUT2D eigenvalue weighted by Crippen LogP contribution is 2.27. The Hall–Kier alpha value is -2.73. The first-order chi connectivity index (χ1) is 11.9. The number of pyridine rings is 1. The zero-order valence-electron chi connectivity index (χ0n) is 13.1. The summed E-state index contributed by atoms with van der Waals surface area (Å²) in [6.07, 6.45) is 3.71. The largest absolute Gasteiger partial charge is 0.492 e. The van der Waals surface area contributed by atoms with E-state index in [0.29, 0.717) is 24.1 Å². The quantitative estimate of drug-likeness (QED) is 0.718. The molecule has 122 valence electrons. The van der Waals surface area contributed by atoms with Gasteiger partial charge in [-0.25, -0.2) is 4.98 Å². The van der Waals surface area contributed by atoms with Gasteiger partial charge in [-0.3, -0.25) is 0 Å². The predicted molar refractivity (Wildman–Crippen MR) is 86.3 cm³/mol. The molecule has 0 saturated heterocycles. The number of aromatic nitrogens is 3. The first-order valence-corrected chi connectivity index (χ1v) is 7.94. The van der Waals surface area contributed by atoms with E-state index in [9.17, 15) is 0 Å². The number of ether oxygens (including phenoxy) is 2. The summed E-state index contributed by atoms with van der Waals surface area (Å²) in [6, 6.07) is 11.9. The van der Waals surface area contributed by atoms with Gasteiger partial charge >= 0.3 is 0 Å². The summed E-state index contributed by atoms with van der Waals surface area (Å²) in [5, 5.41) is 8.08. The smallest absolute Gasteiger partial charge is 0.266 e. The molecule has 0 aliphatic carbocycles. The third-order valence-electron chi connectivity index (χ3n) is 3.82. The van der Waals surface area contributed by atoms with Crippen molar-refractivity contribution >= 4 is 0 Å². The summed E-state index contributed by atoms with van der Waals surface area (Å²) in [7, 11) is 0. The molecule has 1 aliphatic rings. The van der Waals surface area contributed by atoms with Gasteiger partial charge in [0.15, 0.2) is 0 Å². The molecule has 24 heavy (non-hydrogen) atoms. The van der Waals surface area contributed by atoms with E-state index in [1.54, 1.807) is 6.20 Å². The van der Waals surface area contributed by atoms with Crippen LogP contribution in [-0.4, -0.2) is 21.8 Å². The highest BCUT2D eigenvalue weighted by Gasteiger charge is 2.15. The van der Waals surface area contributed by atoms with Gasteiger partial charge < -0.3 is 13.9 Å². The second-order valence-corrected chi connectivity index (χ2v) is 5.61. The molecule has 4 rings (SSSR count). The Kier molecular flexibility index (Phi) is 4.20. The SMILES string of the molecule is c1ccc(COCc2nnc(-c3cc4c(cn3)OCCC4)o2)cc1.